The molecule has 1 aliphatic rings. The van der Waals surface area contributed by atoms with Crippen LogP contribution in [0.3, 0.4) is 0 Å². The van der Waals surface area contributed by atoms with Gasteiger partial charge in [0.1, 0.15) is 0 Å². The van der Waals surface area contributed by atoms with Crippen LogP contribution in [0.15, 0.2) is 53.9 Å². The van der Waals surface area contributed by atoms with E-state index in [9.17, 15) is 0 Å². The first-order chi connectivity index (χ1) is 8.25. The third-order valence-corrected chi connectivity index (χ3v) is 3.88. The van der Waals surface area contributed by atoms with E-state index in [1.165, 1.54) is 27.1 Å². The lowest BCUT2D eigenvalue weighted by Gasteiger charge is -2.08. The molecule has 0 radical (unpaired) electrons. The molecule has 0 aliphatic carbocycles. The molecule has 0 amide bonds. The number of fused-ring (bicyclic) bond motifs is 1. The van der Waals surface area contributed by atoms with Crippen LogP contribution in [0.5, 0.6) is 0 Å². The molecule has 2 aromatic carbocycles. The second-order valence-corrected chi connectivity index (χ2v) is 5.08. The summed E-state index contributed by atoms with van der Waals surface area (Å²) in [6.45, 7) is 6.17. The first-order valence-corrected chi connectivity index (χ1v) is 6.39. The third-order valence-electron chi connectivity index (χ3n) is 2.97. The Morgan fingerprint density at radius 1 is 1.06 bits per heavy atom. The summed E-state index contributed by atoms with van der Waals surface area (Å²) in [7, 11) is 0. The van der Waals surface area contributed by atoms with Crippen molar-refractivity contribution in [3.63, 3.8) is 0 Å². The Kier molecular flexibility index (Phi) is 2.45. The van der Waals surface area contributed by atoms with E-state index in [1.54, 1.807) is 11.9 Å². The summed E-state index contributed by atoms with van der Waals surface area (Å²) in [6.07, 6.45) is 0. The van der Waals surface area contributed by atoms with Crippen LogP contribution in [0.2, 0.25) is 0 Å². The molecular weight excluding hydrogens is 226 g/mol. The molecule has 1 nitrogen and oxygen atoms in total. The summed E-state index contributed by atoms with van der Waals surface area (Å²) in [5.74, 6) is 0. The molecule has 1 aliphatic heterocycles. The highest BCUT2D eigenvalue weighted by molar-refractivity contribution is 7.98. The van der Waals surface area contributed by atoms with Crippen molar-refractivity contribution in [1.82, 2.24) is 4.72 Å². The lowest BCUT2D eigenvalue weighted by molar-refractivity contribution is 1.39. The van der Waals surface area contributed by atoms with Gasteiger partial charge in [-0.25, -0.2) is 0 Å². The topological polar surface area (TPSA) is 12.0 Å². The maximum absolute atomic E-state index is 4.07. The van der Waals surface area contributed by atoms with Gasteiger partial charge in [-0.2, -0.15) is 0 Å². The highest BCUT2D eigenvalue weighted by Crippen LogP contribution is 2.39. The van der Waals surface area contributed by atoms with E-state index in [2.05, 4.69) is 60.7 Å². The maximum Gasteiger partial charge on any atom is 0.0461 e. The van der Waals surface area contributed by atoms with Crippen LogP contribution >= 0.6 is 11.9 Å². The van der Waals surface area contributed by atoms with Crippen LogP contribution in [-0.4, -0.2) is 0 Å². The summed E-state index contributed by atoms with van der Waals surface area (Å²) in [4.78, 5) is 1.26. The highest BCUT2D eigenvalue weighted by Gasteiger charge is 2.18. The van der Waals surface area contributed by atoms with Crippen LogP contribution in [0.25, 0.3) is 16.8 Å². The normalized spacial score (nSPS) is 13.4. The van der Waals surface area contributed by atoms with Crippen molar-refractivity contribution >= 4 is 17.6 Å². The Morgan fingerprint density at radius 3 is 2.59 bits per heavy atom. The minimum Gasteiger partial charge on any atom is -0.326 e. The predicted molar refractivity (Wildman–Crippen MR) is 74.6 cm³/mol. The largest absolute Gasteiger partial charge is 0.326 e. The molecule has 0 saturated carbocycles. The van der Waals surface area contributed by atoms with Gasteiger partial charge in [-0.15, -0.1) is 0 Å². The summed E-state index contributed by atoms with van der Waals surface area (Å²) >= 11 is 1.64. The average Bonchev–Trinajstić information content (AvgIpc) is 2.73. The second-order valence-electron chi connectivity index (χ2n) is 4.23. The zero-order valence-corrected chi connectivity index (χ0v) is 10.5. The monoisotopic (exact) mass is 239 g/mol. The van der Waals surface area contributed by atoms with E-state index in [0.29, 0.717) is 0 Å². The fourth-order valence-electron chi connectivity index (χ4n) is 2.07. The van der Waals surface area contributed by atoms with Crippen LogP contribution in [0, 0.1) is 6.92 Å². The Morgan fingerprint density at radius 2 is 1.82 bits per heavy atom. The van der Waals surface area contributed by atoms with Gasteiger partial charge < -0.3 is 4.72 Å². The van der Waals surface area contributed by atoms with Crippen LogP contribution in [0.1, 0.15) is 11.1 Å². The Hall–Kier alpha value is -1.67. The molecular formula is C15H13NS. The zero-order chi connectivity index (χ0) is 11.8. The van der Waals surface area contributed by atoms with Crippen molar-refractivity contribution in [2.75, 3.05) is 0 Å². The van der Waals surface area contributed by atoms with Gasteiger partial charge in [0.2, 0.25) is 0 Å². The summed E-state index contributed by atoms with van der Waals surface area (Å²) in [5, 5.41) is 0. The van der Waals surface area contributed by atoms with E-state index >= 15 is 0 Å². The van der Waals surface area contributed by atoms with Gasteiger partial charge in [0.25, 0.3) is 0 Å². The van der Waals surface area contributed by atoms with Gasteiger partial charge in [-0.05, 0) is 36.1 Å². The smallest absolute Gasteiger partial charge is 0.0461 e. The fourth-order valence-corrected chi connectivity index (χ4v) is 2.89. The van der Waals surface area contributed by atoms with Gasteiger partial charge in [-0.3, -0.25) is 0 Å². The minimum atomic E-state index is 1.00. The van der Waals surface area contributed by atoms with Crippen LogP contribution in [0.4, 0.5) is 0 Å². The molecule has 0 spiro atoms. The van der Waals surface area contributed by atoms with Crippen molar-refractivity contribution in [3.05, 3.63) is 60.2 Å². The van der Waals surface area contributed by atoms with Gasteiger partial charge in [0.05, 0.1) is 0 Å². The van der Waals surface area contributed by atoms with Crippen molar-refractivity contribution in [3.8, 4) is 11.1 Å². The van der Waals surface area contributed by atoms with Crippen LogP contribution in [-0.2, 0) is 0 Å². The van der Waals surface area contributed by atoms with Crippen molar-refractivity contribution in [2.24, 2.45) is 0 Å². The van der Waals surface area contributed by atoms with Crippen molar-refractivity contribution in [2.45, 2.75) is 11.8 Å². The van der Waals surface area contributed by atoms with Crippen molar-refractivity contribution < 1.29 is 0 Å². The van der Waals surface area contributed by atoms with E-state index in [-0.39, 0.29) is 0 Å². The van der Waals surface area contributed by atoms with Gasteiger partial charge in [-0.1, -0.05) is 48.5 Å². The molecule has 0 atom stereocenters. The number of rotatable bonds is 1. The molecule has 0 bridgehead atoms. The number of aryl methyl sites for hydroxylation is 1. The Balaban J connectivity index is 2.19. The van der Waals surface area contributed by atoms with E-state index in [4.69, 9.17) is 0 Å². The summed E-state index contributed by atoms with van der Waals surface area (Å²) in [5.41, 5.74) is 6.03. The SMILES string of the molecule is C=C1NSc2cccc(-c3ccc(C)cc3)c21. The van der Waals surface area contributed by atoms with Crippen molar-refractivity contribution in [1.29, 1.82) is 0 Å². The van der Waals surface area contributed by atoms with E-state index < -0.39 is 0 Å². The average molecular weight is 239 g/mol. The fraction of sp³-hybridized carbons (Fsp3) is 0.0667. The highest BCUT2D eigenvalue weighted by atomic mass is 32.2. The number of hydrogen-bond acceptors (Lipinski definition) is 2. The number of benzene rings is 2. The molecule has 3 rings (SSSR count). The molecule has 84 valence electrons. The summed E-state index contributed by atoms with van der Waals surface area (Å²) in [6, 6.07) is 15.0. The molecule has 2 heteroatoms. The second kappa shape index (κ2) is 3.97. The minimum absolute atomic E-state index is 1.00. The standard InChI is InChI=1S/C15H13NS/c1-10-6-8-12(9-7-10)13-4-3-5-14-15(13)11(2)16-17-14/h3-9,16H,2H2,1H3. The predicted octanol–water partition coefficient (Wildman–Crippen LogP) is 4.24. The first-order valence-electron chi connectivity index (χ1n) is 5.58. The molecule has 1 heterocycles. The lowest BCUT2D eigenvalue weighted by atomic mass is 9.97. The molecule has 17 heavy (non-hydrogen) atoms. The van der Waals surface area contributed by atoms with Gasteiger partial charge >= 0.3 is 0 Å². The molecule has 0 unspecified atom stereocenters. The Bertz CT molecular complexity index is 584. The molecule has 1 N–H and O–H groups in total. The third kappa shape index (κ3) is 1.75. The molecule has 0 fully saturated rings. The van der Waals surface area contributed by atoms with E-state index in [1.807, 2.05) is 0 Å². The quantitative estimate of drug-likeness (QED) is 0.747. The van der Waals surface area contributed by atoms with Crippen LogP contribution < -0.4 is 4.72 Å². The molecule has 2 aromatic rings. The zero-order valence-electron chi connectivity index (χ0n) is 9.66. The molecule has 0 saturated heterocycles. The lowest BCUT2D eigenvalue weighted by Crippen LogP contribution is -1.92. The molecule has 0 aromatic heterocycles. The summed E-state index contributed by atoms with van der Waals surface area (Å²) < 4.78 is 3.23. The van der Waals surface area contributed by atoms with E-state index in [0.717, 1.165) is 5.70 Å². The maximum atomic E-state index is 4.07. The Labute approximate surface area is 106 Å². The number of hydrogen-bond donors (Lipinski definition) is 1. The number of nitrogens with one attached hydrogen (secondary N) is 1. The van der Waals surface area contributed by atoms with Gasteiger partial charge in [0, 0.05) is 16.2 Å². The van der Waals surface area contributed by atoms with Gasteiger partial charge in [0.15, 0.2) is 0 Å². The first kappa shape index (κ1) is 10.5.